The molecule has 2 N–H and O–H groups in total. The van der Waals surface area contributed by atoms with Gasteiger partial charge in [0.05, 0.1) is 0 Å². The van der Waals surface area contributed by atoms with Crippen LogP contribution in [0.4, 0.5) is 0 Å². The molecule has 1 fully saturated rings. The van der Waals surface area contributed by atoms with Crippen LogP contribution in [-0.4, -0.2) is 6.54 Å². The first-order chi connectivity index (χ1) is 11.7. The molecule has 3 atom stereocenters. The summed E-state index contributed by atoms with van der Waals surface area (Å²) in [6.45, 7) is 11.3. The van der Waals surface area contributed by atoms with Crippen LogP contribution in [0.25, 0.3) is 5.57 Å². The van der Waals surface area contributed by atoms with Crippen LogP contribution in [0.1, 0.15) is 51.2 Å². The van der Waals surface area contributed by atoms with E-state index in [-0.39, 0.29) is 0 Å². The lowest BCUT2D eigenvalue weighted by molar-refractivity contribution is 0.432. The molecule has 0 saturated heterocycles. The average Bonchev–Trinajstić information content (AvgIpc) is 2.92. The van der Waals surface area contributed by atoms with E-state index in [0.717, 1.165) is 19.4 Å². The normalized spacial score (nSPS) is 25.9. The Hall–Kier alpha value is -1.60. The first-order valence-corrected chi connectivity index (χ1v) is 9.53. The van der Waals surface area contributed by atoms with Gasteiger partial charge >= 0.3 is 0 Å². The molecule has 130 valence electrons. The highest BCUT2D eigenvalue weighted by atomic mass is 14.6. The highest BCUT2D eigenvalue weighted by Crippen LogP contribution is 2.41. The van der Waals surface area contributed by atoms with Gasteiger partial charge in [0.2, 0.25) is 0 Å². The molecular formula is C23H33N. The first kappa shape index (κ1) is 18.7. The summed E-state index contributed by atoms with van der Waals surface area (Å²) in [7, 11) is 0. The van der Waals surface area contributed by atoms with Gasteiger partial charge < -0.3 is 5.73 Å². The van der Waals surface area contributed by atoms with E-state index in [0.29, 0.717) is 17.8 Å². The Labute approximate surface area is 148 Å². The van der Waals surface area contributed by atoms with Crippen LogP contribution in [0, 0.1) is 17.8 Å². The largest absolute Gasteiger partial charge is 0.330 e. The number of allylic oxidation sites excluding steroid dienone is 4. The van der Waals surface area contributed by atoms with Gasteiger partial charge in [0.1, 0.15) is 0 Å². The fraction of sp³-hybridized carbons (Fsp3) is 0.478. The van der Waals surface area contributed by atoms with Gasteiger partial charge in [-0.1, -0.05) is 75.4 Å². The molecule has 1 saturated carbocycles. The molecule has 24 heavy (non-hydrogen) atoms. The maximum absolute atomic E-state index is 5.87. The van der Waals surface area contributed by atoms with E-state index < -0.39 is 0 Å². The van der Waals surface area contributed by atoms with Gasteiger partial charge in [-0.15, -0.1) is 0 Å². The molecule has 0 radical (unpaired) electrons. The Kier molecular flexibility index (Phi) is 7.05. The quantitative estimate of drug-likeness (QED) is 0.699. The summed E-state index contributed by atoms with van der Waals surface area (Å²) < 4.78 is 0. The minimum absolute atomic E-state index is 0.525. The van der Waals surface area contributed by atoms with Crippen molar-refractivity contribution < 1.29 is 0 Å². The molecule has 0 bridgehead atoms. The topological polar surface area (TPSA) is 26.0 Å². The molecule has 2 aliphatic rings. The standard InChI is InChI=1S/C21H27N.C2H6/c1-15-16(2)21(14-22)13-20(15)12-17-8-10-19(11-9-17)18-6-4-3-5-7-18;1-2/h4,6-11,15,20-21H,2-3,5,12-14,22H2,1H3;1-2H3. The third kappa shape index (κ3) is 4.27. The second-order valence-corrected chi connectivity index (χ2v) is 6.83. The predicted molar refractivity (Wildman–Crippen MR) is 107 cm³/mol. The van der Waals surface area contributed by atoms with E-state index in [1.165, 1.54) is 35.1 Å². The van der Waals surface area contributed by atoms with Crippen LogP contribution in [0.2, 0.25) is 0 Å². The lowest BCUT2D eigenvalue weighted by atomic mass is 9.89. The van der Waals surface area contributed by atoms with Crippen molar-refractivity contribution in [1.29, 1.82) is 0 Å². The van der Waals surface area contributed by atoms with E-state index in [1.807, 2.05) is 13.8 Å². The third-order valence-electron chi connectivity index (χ3n) is 5.47. The zero-order valence-corrected chi connectivity index (χ0v) is 15.6. The Bertz CT molecular complexity index is 591. The minimum atomic E-state index is 0.525. The van der Waals surface area contributed by atoms with Crippen LogP contribution in [0.3, 0.4) is 0 Å². The lowest BCUT2D eigenvalue weighted by Gasteiger charge is -2.16. The zero-order chi connectivity index (χ0) is 17.5. The fourth-order valence-corrected chi connectivity index (χ4v) is 3.87. The van der Waals surface area contributed by atoms with Gasteiger partial charge in [-0.05, 0) is 66.7 Å². The molecule has 1 aromatic carbocycles. The van der Waals surface area contributed by atoms with E-state index in [1.54, 1.807) is 0 Å². The average molecular weight is 324 g/mol. The van der Waals surface area contributed by atoms with Crippen molar-refractivity contribution in [2.24, 2.45) is 23.5 Å². The summed E-state index contributed by atoms with van der Waals surface area (Å²) in [5, 5.41) is 0. The monoisotopic (exact) mass is 323 g/mol. The third-order valence-corrected chi connectivity index (χ3v) is 5.47. The van der Waals surface area contributed by atoms with Crippen molar-refractivity contribution in [1.82, 2.24) is 0 Å². The summed E-state index contributed by atoms with van der Waals surface area (Å²) in [4.78, 5) is 0. The number of hydrogen-bond acceptors (Lipinski definition) is 1. The van der Waals surface area contributed by atoms with E-state index in [2.05, 4.69) is 56.0 Å². The lowest BCUT2D eigenvalue weighted by Crippen LogP contribution is -2.12. The Morgan fingerprint density at radius 1 is 1.12 bits per heavy atom. The molecular weight excluding hydrogens is 290 g/mol. The summed E-state index contributed by atoms with van der Waals surface area (Å²) >= 11 is 0. The highest BCUT2D eigenvalue weighted by Gasteiger charge is 2.33. The molecule has 0 heterocycles. The molecule has 0 aromatic heterocycles. The number of nitrogens with two attached hydrogens (primary N) is 1. The van der Waals surface area contributed by atoms with Gasteiger partial charge in [0, 0.05) is 0 Å². The van der Waals surface area contributed by atoms with E-state index in [9.17, 15) is 0 Å². The van der Waals surface area contributed by atoms with Crippen LogP contribution >= 0.6 is 0 Å². The van der Waals surface area contributed by atoms with Gasteiger partial charge in [-0.3, -0.25) is 0 Å². The number of hydrogen-bond donors (Lipinski definition) is 1. The zero-order valence-electron chi connectivity index (χ0n) is 15.6. The Morgan fingerprint density at radius 3 is 2.38 bits per heavy atom. The van der Waals surface area contributed by atoms with Gasteiger partial charge in [-0.25, -0.2) is 0 Å². The van der Waals surface area contributed by atoms with Crippen molar-refractivity contribution >= 4 is 5.57 Å². The molecule has 3 rings (SSSR count). The van der Waals surface area contributed by atoms with Crippen LogP contribution in [0.15, 0.2) is 54.6 Å². The molecule has 0 aliphatic heterocycles. The fourth-order valence-electron chi connectivity index (χ4n) is 3.87. The minimum Gasteiger partial charge on any atom is -0.330 e. The summed E-state index contributed by atoms with van der Waals surface area (Å²) in [5.41, 5.74) is 11.4. The maximum Gasteiger partial charge on any atom is -0.00114 e. The van der Waals surface area contributed by atoms with Crippen molar-refractivity contribution in [3.63, 3.8) is 0 Å². The number of rotatable bonds is 4. The summed E-state index contributed by atoms with van der Waals surface area (Å²) in [6, 6.07) is 9.13. The van der Waals surface area contributed by atoms with Gasteiger partial charge in [-0.2, -0.15) is 0 Å². The summed E-state index contributed by atoms with van der Waals surface area (Å²) in [5.74, 6) is 1.81. The first-order valence-electron chi connectivity index (χ1n) is 9.53. The molecule has 3 unspecified atom stereocenters. The predicted octanol–water partition coefficient (Wildman–Crippen LogP) is 5.78. The molecule has 0 amide bonds. The van der Waals surface area contributed by atoms with E-state index in [4.69, 9.17) is 5.73 Å². The van der Waals surface area contributed by atoms with Crippen LogP contribution in [-0.2, 0) is 6.42 Å². The van der Waals surface area contributed by atoms with Gasteiger partial charge in [0.25, 0.3) is 0 Å². The van der Waals surface area contributed by atoms with Crippen LogP contribution < -0.4 is 5.73 Å². The molecule has 1 nitrogen and oxygen atoms in total. The van der Waals surface area contributed by atoms with Crippen LogP contribution in [0.5, 0.6) is 0 Å². The van der Waals surface area contributed by atoms with E-state index >= 15 is 0 Å². The highest BCUT2D eigenvalue weighted by molar-refractivity contribution is 5.74. The second-order valence-electron chi connectivity index (χ2n) is 6.83. The van der Waals surface area contributed by atoms with Gasteiger partial charge in [0.15, 0.2) is 0 Å². The van der Waals surface area contributed by atoms with Crippen molar-refractivity contribution in [3.05, 3.63) is 65.8 Å². The van der Waals surface area contributed by atoms with Crippen molar-refractivity contribution in [2.45, 2.75) is 46.5 Å². The second kappa shape index (κ2) is 9.03. The maximum atomic E-state index is 5.87. The number of benzene rings is 1. The molecule has 0 spiro atoms. The molecule has 2 aliphatic carbocycles. The Morgan fingerprint density at radius 2 is 1.83 bits per heavy atom. The van der Waals surface area contributed by atoms with Crippen molar-refractivity contribution in [2.75, 3.05) is 6.54 Å². The Balaban J connectivity index is 0.00000100. The smallest absolute Gasteiger partial charge is 0.00114 e. The van der Waals surface area contributed by atoms with Crippen molar-refractivity contribution in [3.8, 4) is 0 Å². The summed E-state index contributed by atoms with van der Waals surface area (Å²) in [6.07, 6.45) is 11.5. The SMILES string of the molecule is C=C1C(CN)CC(Cc2ccc(C3=CCCC=C3)cc2)C1C.CC. The molecule has 1 aromatic rings. The molecule has 1 heteroatoms.